The average molecular weight is 258 g/mol. The van der Waals surface area contributed by atoms with Crippen LogP contribution in [0.5, 0.6) is 6.01 Å². The third-order valence-corrected chi connectivity index (χ3v) is 2.96. The number of anilines is 1. The molecule has 7 heteroatoms. The zero-order valence-electron chi connectivity index (χ0n) is 9.26. The van der Waals surface area contributed by atoms with E-state index in [2.05, 4.69) is 9.97 Å². The van der Waals surface area contributed by atoms with Crippen molar-refractivity contribution in [2.75, 3.05) is 18.6 Å². The van der Waals surface area contributed by atoms with E-state index in [4.69, 9.17) is 21.4 Å². The van der Waals surface area contributed by atoms with Crippen LogP contribution in [-0.4, -0.2) is 40.7 Å². The number of carboxylic acids is 1. The number of carbonyl (C=O) groups is 1. The van der Waals surface area contributed by atoms with Gasteiger partial charge in [-0.2, -0.15) is 4.98 Å². The second kappa shape index (κ2) is 4.75. The Hall–Kier alpha value is -1.56. The summed E-state index contributed by atoms with van der Waals surface area (Å²) in [6, 6.07) is -0.396. The normalized spacial score (nSPS) is 19.4. The summed E-state index contributed by atoms with van der Waals surface area (Å²) in [5.41, 5.74) is 0. The molecule has 1 N–H and O–H groups in total. The van der Waals surface area contributed by atoms with E-state index in [-0.39, 0.29) is 6.01 Å². The molecule has 1 aromatic rings. The van der Waals surface area contributed by atoms with Gasteiger partial charge >= 0.3 is 12.0 Å². The second-order valence-corrected chi connectivity index (χ2v) is 4.13. The summed E-state index contributed by atoms with van der Waals surface area (Å²) >= 11 is 5.99. The molecular weight excluding hydrogens is 246 g/mol. The summed E-state index contributed by atoms with van der Waals surface area (Å²) in [5, 5.41) is 9.44. The topological polar surface area (TPSA) is 75.5 Å². The molecule has 1 atom stereocenters. The van der Waals surface area contributed by atoms with E-state index in [1.54, 1.807) is 4.90 Å². The monoisotopic (exact) mass is 257 g/mol. The van der Waals surface area contributed by atoms with Gasteiger partial charge in [0.25, 0.3) is 0 Å². The number of carboxylic acid groups (broad SMARTS) is 1. The Kier molecular flexibility index (Phi) is 3.33. The molecule has 0 spiro atoms. The van der Waals surface area contributed by atoms with E-state index in [1.165, 1.54) is 13.3 Å². The van der Waals surface area contributed by atoms with E-state index in [0.717, 1.165) is 6.42 Å². The van der Waals surface area contributed by atoms with Crippen LogP contribution < -0.4 is 9.64 Å². The molecule has 1 saturated heterocycles. The van der Waals surface area contributed by atoms with Crippen LogP contribution in [0.15, 0.2) is 6.20 Å². The molecule has 2 rings (SSSR count). The Labute approximate surface area is 103 Å². The van der Waals surface area contributed by atoms with Gasteiger partial charge in [0, 0.05) is 6.54 Å². The third kappa shape index (κ3) is 2.26. The van der Waals surface area contributed by atoms with Crippen molar-refractivity contribution >= 4 is 23.4 Å². The molecule has 0 unspecified atom stereocenters. The van der Waals surface area contributed by atoms with Crippen molar-refractivity contribution in [1.82, 2.24) is 9.97 Å². The average Bonchev–Trinajstić information content (AvgIpc) is 2.78. The molecule has 92 valence electrons. The summed E-state index contributed by atoms with van der Waals surface area (Å²) in [7, 11) is 1.45. The van der Waals surface area contributed by atoms with Gasteiger partial charge in [-0.05, 0) is 12.8 Å². The van der Waals surface area contributed by atoms with Gasteiger partial charge in [-0.15, -0.1) is 0 Å². The molecule has 0 saturated carbocycles. The van der Waals surface area contributed by atoms with Crippen LogP contribution in [0.25, 0.3) is 0 Å². The molecule has 2 heterocycles. The van der Waals surface area contributed by atoms with Crippen molar-refractivity contribution < 1.29 is 14.6 Å². The Morgan fingerprint density at radius 3 is 3.12 bits per heavy atom. The lowest BCUT2D eigenvalue weighted by Crippen LogP contribution is -2.36. The maximum atomic E-state index is 11.1. The van der Waals surface area contributed by atoms with Crippen molar-refractivity contribution in [3.63, 3.8) is 0 Å². The lowest BCUT2D eigenvalue weighted by Gasteiger charge is -2.23. The summed E-state index contributed by atoms with van der Waals surface area (Å²) in [4.78, 5) is 20.7. The number of hydrogen-bond acceptors (Lipinski definition) is 5. The van der Waals surface area contributed by atoms with Crippen LogP contribution in [0.4, 0.5) is 5.82 Å². The molecule has 1 aromatic heterocycles. The molecule has 0 aliphatic carbocycles. The van der Waals surface area contributed by atoms with E-state index < -0.39 is 12.0 Å². The molecule has 17 heavy (non-hydrogen) atoms. The van der Waals surface area contributed by atoms with Crippen molar-refractivity contribution in [3.8, 4) is 6.01 Å². The number of methoxy groups -OCH3 is 1. The van der Waals surface area contributed by atoms with Crippen LogP contribution in [0, 0.1) is 0 Å². The fourth-order valence-electron chi connectivity index (χ4n) is 1.92. The first kappa shape index (κ1) is 11.9. The standard InChI is InChI=1S/C10H12ClN3O3/c1-17-10-12-5-6(11)8(13-10)14-4-2-3-7(14)9(15)16/h5,7H,2-4H2,1H3,(H,15,16)/t7-/m1/s1. The van der Waals surface area contributed by atoms with E-state index >= 15 is 0 Å². The highest BCUT2D eigenvalue weighted by molar-refractivity contribution is 6.32. The molecule has 6 nitrogen and oxygen atoms in total. The highest BCUT2D eigenvalue weighted by Gasteiger charge is 2.32. The molecule has 0 bridgehead atoms. The lowest BCUT2D eigenvalue weighted by molar-refractivity contribution is -0.138. The smallest absolute Gasteiger partial charge is 0.326 e. The first-order valence-corrected chi connectivity index (χ1v) is 5.57. The minimum absolute atomic E-state index is 0.181. The van der Waals surface area contributed by atoms with Crippen LogP contribution in [0.2, 0.25) is 5.02 Å². The van der Waals surface area contributed by atoms with E-state index in [0.29, 0.717) is 23.8 Å². The maximum Gasteiger partial charge on any atom is 0.326 e. The number of aromatic nitrogens is 2. The number of ether oxygens (including phenoxy) is 1. The Morgan fingerprint density at radius 1 is 1.71 bits per heavy atom. The summed E-state index contributed by atoms with van der Waals surface area (Å²) < 4.78 is 4.91. The minimum atomic E-state index is -0.865. The molecule has 1 fully saturated rings. The number of rotatable bonds is 3. The predicted octanol–water partition coefficient (Wildman–Crippen LogP) is 1.19. The molecular formula is C10H12ClN3O3. The maximum absolute atomic E-state index is 11.1. The lowest BCUT2D eigenvalue weighted by atomic mass is 10.2. The first-order valence-electron chi connectivity index (χ1n) is 5.19. The number of nitrogens with zero attached hydrogens (tertiary/aromatic N) is 3. The van der Waals surface area contributed by atoms with Crippen molar-refractivity contribution in [2.24, 2.45) is 0 Å². The van der Waals surface area contributed by atoms with Gasteiger partial charge in [-0.1, -0.05) is 11.6 Å². The zero-order valence-corrected chi connectivity index (χ0v) is 10.0. The van der Waals surface area contributed by atoms with Crippen LogP contribution in [0.1, 0.15) is 12.8 Å². The highest BCUT2D eigenvalue weighted by Crippen LogP contribution is 2.30. The van der Waals surface area contributed by atoms with E-state index in [1.807, 2.05) is 0 Å². The fraction of sp³-hybridized carbons (Fsp3) is 0.500. The Morgan fingerprint density at radius 2 is 2.47 bits per heavy atom. The minimum Gasteiger partial charge on any atom is -0.480 e. The van der Waals surface area contributed by atoms with Crippen molar-refractivity contribution in [3.05, 3.63) is 11.2 Å². The molecule has 0 radical (unpaired) electrons. The number of hydrogen-bond donors (Lipinski definition) is 1. The molecule has 1 aliphatic heterocycles. The van der Waals surface area contributed by atoms with Gasteiger partial charge in [-0.3, -0.25) is 0 Å². The van der Waals surface area contributed by atoms with Crippen molar-refractivity contribution in [2.45, 2.75) is 18.9 Å². The van der Waals surface area contributed by atoms with Gasteiger partial charge in [0.1, 0.15) is 11.1 Å². The van der Waals surface area contributed by atoms with Gasteiger partial charge in [0.2, 0.25) is 0 Å². The SMILES string of the molecule is COc1ncc(Cl)c(N2CCC[C@@H]2C(=O)O)n1. The third-order valence-electron chi connectivity index (χ3n) is 2.70. The Bertz CT molecular complexity index is 441. The molecule has 1 aliphatic rings. The Balaban J connectivity index is 2.35. The van der Waals surface area contributed by atoms with Gasteiger partial charge in [0.15, 0.2) is 5.82 Å². The largest absolute Gasteiger partial charge is 0.480 e. The summed E-state index contributed by atoms with van der Waals surface area (Å²) in [5.74, 6) is -0.445. The quantitative estimate of drug-likeness (QED) is 0.877. The molecule has 0 amide bonds. The zero-order chi connectivity index (χ0) is 12.4. The fourth-order valence-corrected chi connectivity index (χ4v) is 2.12. The highest BCUT2D eigenvalue weighted by atomic mass is 35.5. The first-order chi connectivity index (χ1) is 8.13. The number of aliphatic carboxylic acids is 1. The van der Waals surface area contributed by atoms with Gasteiger partial charge in [-0.25, -0.2) is 9.78 Å². The molecule has 0 aromatic carbocycles. The number of halogens is 1. The second-order valence-electron chi connectivity index (χ2n) is 3.72. The van der Waals surface area contributed by atoms with Crippen molar-refractivity contribution in [1.29, 1.82) is 0 Å². The van der Waals surface area contributed by atoms with Crippen LogP contribution in [-0.2, 0) is 4.79 Å². The van der Waals surface area contributed by atoms with Gasteiger partial charge < -0.3 is 14.7 Å². The van der Waals surface area contributed by atoms with Crippen LogP contribution >= 0.6 is 11.6 Å². The summed E-state index contributed by atoms with van der Waals surface area (Å²) in [6.45, 7) is 0.622. The van der Waals surface area contributed by atoms with Gasteiger partial charge in [0.05, 0.1) is 13.3 Å². The summed E-state index contributed by atoms with van der Waals surface area (Å²) in [6.07, 6.45) is 2.82. The van der Waals surface area contributed by atoms with Crippen LogP contribution in [0.3, 0.4) is 0 Å². The predicted molar refractivity (Wildman–Crippen MR) is 61.6 cm³/mol. The van der Waals surface area contributed by atoms with E-state index in [9.17, 15) is 4.79 Å².